The summed E-state index contributed by atoms with van der Waals surface area (Å²) in [5.41, 5.74) is 0.698. The van der Waals surface area contributed by atoms with Crippen LogP contribution in [0, 0.1) is 0 Å². The second-order valence-corrected chi connectivity index (χ2v) is 7.95. The summed E-state index contributed by atoms with van der Waals surface area (Å²) in [6, 6.07) is 7.07. The van der Waals surface area contributed by atoms with Gasteiger partial charge in [-0.05, 0) is 43.2 Å². The lowest BCUT2D eigenvalue weighted by molar-refractivity contribution is -0.151. The number of esters is 1. The van der Waals surface area contributed by atoms with Gasteiger partial charge in [-0.25, -0.2) is 4.79 Å². The monoisotopic (exact) mass is 399 g/mol. The molecule has 1 saturated heterocycles. The molecule has 1 atom stereocenters. The molecule has 0 bridgehead atoms. The SMILES string of the molecule is O=C(COC(=O)CN1C(=O)N[C@@]2(CCCc3ccccc32)C1=O)NC1CCCC1. The zero-order chi connectivity index (χ0) is 20.4. The van der Waals surface area contributed by atoms with Gasteiger partial charge in [-0.3, -0.25) is 19.3 Å². The average Bonchev–Trinajstić information content (AvgIpc) is 3.30. The lowest BCUT2D eigenvalue weighted by Crippen LogP contribution is -2.47. The van der Waals surface area contributed by atoms with E-state index >= 15 is 0 Å². The van der Waals surface area contributed by atoms with Crippen molar-refractivity contribution < 1.29 is 23.9 Å². The van der Waals surface area contributed by atoms with Crippen LogP contribution in [0.5, 0.6) is 0 Å². The number of hydrogen-bond donors (Lipinski definition) is 2. The first-order chi connectivity index (χ1) is 14.0. The van der Waals surface area contributed by atoms with Crippen molar-refractivity contribution in [3.8, 4) is 0 Å². The lowest BCUT2D eigenvalue weighted by Gasteiger charge is -2.33. The maximum atomic E-state index is 13.1. The predicted octanol–water partition coefficient (Wildman–Crippen LogP) is 1.37. The summed E-state index contributed by atoms with van der Waals surface area (Å²) in [6.07, 6.45) is 6.15. The van der Waals surface area contributed by atoms with Gasteiger partial charge in [0.1, 0.15) is 12.1 Å². The Balaban J connectivity index is 1.37. The Morgan fingerprint density at radius 3 is 2.72 bits per heavy atom. The first-order valence-corrected chi connectivity index (χ1v) is 10.2. The number of rotatable bonds is 5. The van der Waals surface area contributed by atoms with Crippen molar-refractivity contribution in [2.45, 2.75) is 56.5 Å². The van der Waals surface area contributed by atoms with Crippen LogP contribution in [0.4, 0.5) is 4.79 Å². The summed E-state index contributed by atoms with van der Waals surface area (Å²) < 4.78 is 4.99. The van der Waals surface area contributed by atoms with Crippen molar-refractivity contribution >= 4 is 23.8 Å². The highest BCUT2D eigenvalue weighted by Crippen LogP contribution is 2.39. The summed E-state index contributed by atoms with van der Waals surface area (Å²) in [6.45, 7) is -0.918. The van der Waals surface area contributed by atoms with Crippen LogP contribution in [0.25, 0.3) is 0 Å². The molecule has 4 amide bonds. The van der Waals surface area contributed by atoms with Crippen LogP contribution in [-0.4, -0.2) is 47.9 Å². The van der Waals surface area contributed by atoms with Crippen molar-refractivity contribution in [2.24, 2.45) is 0 Å². The van der Waals surface area contributed by atoms with Gasteiger partial charge in [0.2, 0.25) is 0 Å². The van der Waals surface area contributed by atoms with Crippen LogP contribution in [0.2, 0.25) is 0 Å². The lowest BCUT2D eigenvalue weighted by atomic mass is 9.76. The summed E-state index contributed by atoms with van der Waals surface area (Å²) >= 11 is 0. The van der Waals surface area contributed by atoms with Gasteiger partial charge >= 0.3 is 12.0 Å². The molecule has 1 heterocycles. The van der Waals surface area contributed by atoms with E-state index in [9.17, 15) is 19.2 Å². The van der Waals surface area contributed by atoms with Gasteiger partial charge in [-0.2, -0.15) is 0 Å². The Morgan fingerprint density at radius 1 is 1.17 bits per heavy atom. The number of ether oxygens (including phenoxy) is 1. The van der Waals surface area contributed by atoms with Gasteiger partial charge in [-0.15, -0.1) is 0 Å². The van der Waals surface area contributed by atoms with Gasteiger partial charge in [0.05, 0.1) is 0 Å². The Bertz CT molecular complexity index is 848. The number of amides is 4. The first-order valence-electron chi connectivity index (χ1n) is 10.2. The summed E-state index contributed by atoms with van der Waals surface area (Å²) in [5, 5.41) is 5.62. The molecule has 8 heteroatoms. The minimum atomic E-state index is -1.12. The molecular weight excluding hydrogens is 374 g/mol. The molecule has 3 aliphatic rings. The second-order valence-electron chi connectivity index (χ2n) is 7.95. The average molecular weight is 399 g/mol. The van der Waals surface area contributed by atoms with Crippen LogP contribution in [-0.2, 0) is 31.1 Å². The number of nitrogens with zero attached hydrogens (tertiary/aromatic N) is 1. The van der Waals surface area contributed by atoms with Crippen LogP contribution in [0.15, 0.2) is 24.3 Å². The van der Waals surface area contributed by atoms with Crippen molar-refractivity contribution in [3.63, 3.8) is 0 Å². The maximum absolute atomic E-state index is 13.1. The summed E-state index contributed by atoms with van der Waals surface area (Å²) in [5.74, 6) is -1.58. The van der Waals surface area contributed by atoms with E-state index in [2.05, 4.69) is 10.6 Å². The van der Waals surface area contributed by atoms with Crippen LogP contribution in [0.1, 0.15) is 49.7 Å². The van der Waals surface area contributed by atoms with Gasteiger partial charge in [-0.1, -0.05) is 37.1 Å². The van der Waals surface area contributed by atoms with Gasteiger partial charge in [0, 0.05) is 6.04 Å². The zero-order valence-corrected chi connectivity index (χ0v) is 16.2. The third kappa shape index (κ3) is 3.71. The number of nitrogens with one attached hydrogen (secondary N) is 2. The molecule has 2 aliphatic carbocycles. The number of imide groups is 1. The van der Waals surface area contributed by atoms with Gasteiger partial charge < -0.3 is 15.4 Å². The highest BCUT2D eigenvalue weighted by molar-refractivity contribution is 6.09. The van der Waals surface area contributed by atoms with Crippen molar-refractivity contribution in [1.29, 1.82) is 0 Å². The van der Waals surface area contributed by atoms with Crippen LogP contribution < -0.4 is 10.6 Å². The van der Waals surface area contributed by atoms with E-state index in [0.29, 0.717) is 6.42 Å². The van der Waals surface area contributed by atoms with Crippen LogP contribution in [0.3, 0.4) is 0 Å². The molecule has 1 saturated carbocycles. The van der Waals surface area contributed by atoms with Crippen molar-refractivity contribution in [1.82, 2.24) is 15.5 Å². The fraction of sp³-hybridized carbons (Fsp3) is 0.524. The minimum Gasteiger partial charge on any atom is -0.454 e. The van der Waals surface area contributed by atoms with Gasteiger partial charge in [0.25, 0.3) is 11.8 Å². The molecule has 154 valence electrons. The molecule has 29 heavy (non-hydrogen) atoms. The molecule has 2 N–H and O–H groups in total. The molecule has 0 radical (unpaired) electrons. The highest BCUT2D eigenvalue weighted by atomic mass is 16.5. The van der Waals surface area contributed by atoms with E-state index < -0.39 is 36.6 Å². The standard InChI is InChI=1S/C21H25N3O5/c25-17(22-15-8-2-3-9-15)13-29-18(26)12-24-19(27)21(23-20(24)28)11-5-7-14-6-1-4-10-16(14)21/h1,4,6,10,15H,2-3,5,7-9,11-13H2,(H,22,25)(H,23,28)/t21-/m1/s1. The molecule has 1 aliphatic heterocycles. The quantitative estimate of drug-likeness (QED) is 0.575. The Hall–Kier alpha value is -2.90. The third-order valence-electron chi connectivity index (χ3n) is 6.02. The minimum absolute atomic E-state index is 0.137. The molecule has 0 aromatic heterocycles. The van der Waals surface area contributed by atoms with Crippen molar-refractivity contribution in [3.05, 3.63) is 35.4 Å². The molecule has 2 fully saturated rings. The Labute approximate surface area is 169 Å². The summed E-state index contributed by atoms with van der Waals surface area (Å²) in [7, 11) is 0. The summed E-state index contributed by atoms with van der Waals surface area (Å²) in [4.78, 5) is 50.6. The number of fused-ring (bicyclic) bond motifs is 2. The molecular formula is C21H25N3O5. The molecule has 1 spiro atoms. The van der Waals surface area contributed by atoms with E-state index in [4.69, 9.17) is 4.74 Å². The molecule has 1 aromatic carbocycles. The molecule has 4 rings (SSSR count). The fourth-order valence-corrected chi connectivity index (χ4v) is 4.62. The number of urea groups is 1. The molecule has 8 nitrogen and oxygen atoms in total. The van der Waals surface area contributed by atoms with E-state index in [0.717, 1.165) is 54.6 Å². The number of aryl methyl sites for hydroxylation is 1. The number of hydrogen-bond acceptors (Lipinski definition) is 5. The highest BCUT2D eigenvalue weighted by Gasteiger charge is 2.54. The topological polar surface area (TPSA) is 105 Å². The van der Waals surface area contributed by atoms with E-state index in [1.807, 2.05) is 24.3 Å². The number of carbonyl (C=O) groups is 4. The Kier molecular flexibility index (Phi) is 5.25. The second kappa shape index (κ2) is 7.85. The Morgan fingerprint density at radius 2 is 1.93 bits per heavy atom. The smallest absolute Gasteiger partial charge is 0.326 e. The normalized spacial score (nSPS) is 23.8. The van der Waals surface area contributed by atoms with E-state index in [-0.39, 0.29) is 11.9 Å². The molecule has 0 unspecified atom stereocenters. The van der Waals surface area contributed by atoms with Crippen LogP contribution >= 0.6 is 0 Å². The largest absolute Gasteiger partial charge is 0.454 e. The van der Waals surface area contributed by atoms with Gasteiger partial charge in [0.15, 0.2) is 6.61 Å². The maximum Gasteiger partial charge on any atom is 0.326 e. The first kappa shape index (κ1) is 19.4. The van der Waals surface area contributed by atoms with E-state index in [1.165, 1.54) is 0 Å². The number of carbonyl (C=O) groups excluding carboxylic acids is 4. The number of benzene rings is 1. The van der Waals surface area contributed by atoms with E-state index in [1.54, 1.807) is 0 Å². The predicted molar refractivity (Wildman–Crippen MR) is 103 cm³/mol. The van der Waals surface area contributed by atoms with Crippen molar-refractivity contribution in [2.75, 3.05) is 13.2 Å². The third-order valence-corrected chi connectivity index (χ3v) is 6.02. The fourth-order valence-electron chi connectivity index (χ4n) is 4.62. The zero-order valence-electron chi connectivity index (χ0n) is 16.2. The molecule has 1 aromatic rings.